The van der Waals surface area contributed by atoms with Gasteiger partial charge in [-0.25, -0.2) is 0 Å². The van der Waals surface area contributed by atoms with Crippen LogP contribution in [0.25, 0.3) is 0 Å². The average Bonchev–Trinajstić information content (AvgIpc) is 2.58. The Morgan fingerprint density at radius 3 is 2.78 bits per heavy atom. The number of fused-ring (bicyclic) bond motifs is 1. The predicted molar refractivity (Wildman–Crippen MR) is 99.8 cm³/mol. The van der Waals surface area contributed by atoms with E-state index in [1.807, 2.05) is 0 Å². The quantitative estimate of drug-likeness (QED) is 0.849. The van der Waals surface area contributed by atoms with Gasteiger partial charge >= 0.3 is 0 Å². The van der Waals surface area contributed by atoms with Gasteiger partial charge in [0.05, 0.1) is 0 Å². The molecule has 0 spiro atoms. The predicted octanol–water partition coefficient (Wildman–Crippen LogP) is 3.37. The molecule has 0 saturated carbocycles. The summed E-state index contributed by atoms with van der Waals surface area (Å²) in [5, 5.41) is 3.41. The highest BCUT2D eigenvalue weighted by Gasteiger charge is 2.16. The second-order valence-electron chi connectivity index (χ2n) is 6.11. The topological polar surface area (TPSA) is 50.4 Å². The van der Waals surface area contributed by atoms with E-state index in [9.17, 15) is 0 Å². The molecule has 0 saturated heterocycles. The maximum absolute atomic E-state index is 6.05. The molecule has 2 aromatic carbocycles. The minimum atomic E-state index is 0.248. The fourth-order valence-corrected chi connectivity index (χ4v) is 3.62. The molecule has 4 heteroatoms. The molecular formula is C19H22BrN3. The van der Waals surface area contributed by atoms with Gasteiger partial charge in [-0.1, -0.05) is 46.3 Å². The highest BCUT2D eigenvalue weighted by Crippen LogP contribution is 2.20. The number of guanidine groups is 1. The van der Waals surface area contributed by atoms with Crippen LogP contribution in [-0.2, 0) is 19.3 Å². The Morgan fingerprint density at radius 2 is 2.00 bits per heavy atom. The van der Waals surface area contributed by atoms with E-state index in [1.54, 1.807) is 0 Å². The molecule has 1 aliphatic heterocycles. The first-order valence-corrected chi connectivity index (χ1v) is 8.79. The summed E-state index contributed by atoms with van der Waals surface area (Å²) >= 11 is 3.53. The third kappa shape index (κ3) is 4.14. The highest BCUT2D eigenvalue weighted by atomic mass is 79.9. The van der Waals surface area contributed by atoms with Crippen LogP contribution in [0.4, 0.5) is 0 Å². The fraction of sp³-hybridized carbons (Fsp3) is 0.316. The van der Waals surface area contributed by atoms with Gasteiger partial charge in [-0.2, -0.15) is 0 Å². The van der Waals surface area contributed by atoms with Crippen LogP contribution in [0.2, 0.25) is 0 Å². The normalized spacial score (nSPS) is 18.0. The number of aryl methyl sites for hydroxylation is 1. The van der Waals surface area contributed by atoms with Gasteiger partial charge in [-0.15, -0.1) is 0 Å². The van der Waals surface area contributed by atoms with E-state index in [4.69, 9.17) is 5.73 Å². The monoisotopic (exact) mass is 371 g/mol. The van der Waals surface area contributed by atoms with Crippen molar-refractivity contribution in [1.82, 2.24) is 5.32 Å². The highest BCUT2D eigenvalue weighted by molar-refractivity contribution is 9.10. The van der Waals surface area contributed by atoms with Gasteiger partial charge in [-0.05, 0) is 60.6 Å². The largest absolute Gasteiger partial charge is 0.370 e. The molecule has 0 aromatic heterocycles. The van der Waals surface area contributed by atoms with Gasteiger partial charge < -0.3 is 11.1 Å². The Hall–Kier alpha value is -1.81. The van der Waals surface area contributed by atoms with E-state index >= 15 is 0 Å². The van der Waals surface area contributed by atoms with Gasteiger partial charge in [0, 0.05) is 17.1 Å². The van der Waals surface area contributed by atoms with Gasteiger partial charge in [0.2, 0.25) is 0 Å². The summed E-state index contributed by atoms with van der Waals surface area (Å²) in [6.07, 6.45) is 2.84. The van der Waals surface area contributed by atoms with Crippen LogP contribution in [0.15, 0.2) is 51.9 Å². The minimum absolute atomic E-state index is 0.248. The maximum atomic E-state index is 6.05. The van der Waals surface area contributed by atoms with Crippen LogP contribution in [0.5, 0.6) is 0 Å². The molecule has 0 amide bonds. The minimum Gasteiger partial charge on any atom is -0.370 e. The second kappa shape index (κ2) is 7.18. The molecule has 1 atom stereocenters. The summed E-state index contributed by atoms with van der Waals surface area (Å²) in [5.74, 6) is 0.553. The molecule has 0 bridgehead atoms. The molecule has 0 fully saturated rings. The number of nitrogens with one attached hydrogen (secondary N) is 1. The summed E-state index contributed by atoms with van der Waals surface area (Å²) < 4.78 is 1.12. The zero-order valence-corrected chi connectivity index (χ0v) is 14.9. The van der Waals surface area contributed by atoms with Crippen molar-refractivity contribution in [3.8, 4) is 0 Å². The van der Waals surface area contributed by atoms with Crippen LogP contribution in [0.1, 0.15) is 22.3 Å². The first kappa shape index (κ1) is 16.1. The van der Waals surface area contributed by atoms with Gasteiger partial charge in [0.25, 0.3) is 0 Å². The zero-order valence-electron chi connectivity index (χ0n) is 13.3. The summed E-state index contributed by atoms with van der Waals surface area (Å²) in [7, 11) is 0. The smallest absolute Gasteiger partial charge is 0.188 e. The number of aliphatic imine (C=N–C) groups is 1. The standard InChI is InChI=1S/C19H22BrN3/c1-13-10-17(20)7-6-15(13)11-18-12-16-5-3-2-4-14(16)8-9-22-19(21)23-18/h2-7,10,18H,8-9,11-12H2,1H3,(H3,21,22,23). The van der Waals surface area contributed by atoms with Crippen LogP contribution in [-0.4, -0.2) is 18.5 Å². The third-order valence-electron chi connectivity index (χ3n) is 4.37. The first-order chi connectivity index (χ1) is 11.1. The Balaban J connectivity index is 1.87. The van der Waals surface area contributed by atoms with Crippen LogP contribution < -0.4 is 11.1 Å². The molecule has 1 heterocycles. The zero-order chi connectivity index (χ0) is 16.2. The number of nitrogens with two attached hydrogens (primary N) is 1. The Kier molecular flexibility index (Phi) is 5.01. The number of rotatable bonds is 2. The summed E-state index contributed by atoms with van der Waals surface area (Å²) in [6, 6.07) is 15.3. The lowest BCUT2D eigenvalue weighted by Crippen LogP contribution is -2.42. The average molecular weight is 372 g/mol. The van der Waals surface area contributed by atoms with E-state index in [1.165, 1.54) is 22.3 Å². The van der Waals surface area contributed by atoms with Crippen molar-refractivity contribution in [3.05, 3.63) is 69.2 Å². The Bertz CT molecular complexity index is 724. The van der Waals surface area contributed by atoms with Crippen molar-refractivity contribution in [2.75, 3.05) is 6.54 Å². The Labute approximate surface area is 146 Å². The molecule has 120 valence electrons. The summed E-state index contributed by atoms with van der Waals surface area (Å²) in [4.78, 5) is 4.45. The van der Waals surface area contributed by atoms with Gasteiger partial charge in [-0.3, -0.25) is 4.99 Å². The van der Waals surface area contributed by atoms with Crippen molar-refractivity contribution in [3.63, 3.8) is 0 Å². The number of benzene rings is 2. The molecule has 1 unspecified atom stereocenters. The van der Waals surface area contributed by atoms with E-state index in [2.05, 4.69) is 75.6 Å². The lowest BCUT2D eigenvalue weighted by molar-refractivity contribution is 0.595. The first-order valence-electron chi connectivity index (χ1n) is 8.00. The number of halogens is 1. The number of hydrogen-bond donors (Lipinski definition) is 2. The lowest BCUT2D eigenvalue weighted by Gasteiger charge is -2.21. The number of nitrogens with zero attached hydrogens (tertiary/aromatic N) is 1. The van der Waals surface area contributed by atoms with E-state index in [0.717, 1.165) is 30.3 Å². The molecule has 3 rings (SSSR count). The number of hydrogen-bond acceptors (Lipinski definition) is 3. The molecule has 3 N–H and O–H groups in total. The molecule has 0 aliphatic carbocycles. The van der Waals surface area contributed by atoms with Crippen molar-refractivity contribution in [2.45, 2.75) is 32.2 Å². The molecule has 2 aromatic rings. The molecule has 0 radical (unpaired) electrons. The van der Waals surface area contributed by atoms with E-state index in [0.29, 0.717) is 5.96 Å². The van der Waals surface area contributed by atoms with Gasteiger partial charge in [0.15, 0.2) is 5.96 Å². The van der Waals surface area contributed by atoms with Crippen LogP contribution >= 0.6 is 15.9 Å². The van der Waals surface area contributed by atoms with E-state index < -0.39 is 0 Å². The van der Waals surface area contributed by atoms with Crippen molar-refractivity contribution in [1.29, 1.82) is 0 Å². The van der Waals surface area contributed by atoms with Gasteiger partial charge in [0.1, 0.15) is 0 Å². The summed E-state index contributed by atoms with van der Waals surface area (Å²) in [6.45, 7) is 2.89. The van der Waals surface area contributed by atoms with Crippen LogP contribution in [0.3, 0.4) is 0 Å². The molecular weight excluding hydrogens is 350 g/mol. The van der Waals surface area contributed by atoms with E-state index in [-0.39, 0.29) is 6.04 Å². The molecule has 23 heavy (non-hydrogen) atoms. The summed E-state index contributed by atoms with van der Waals surface area (Å²) in [5.41, 5.74) is 11.5. The molecule has 3 nitrogen and oxygen atoms in total. The second-order valence-corrected chi connectivity index (χ2v) is 7.02. The third-order valence-corrected chi connectivity index (χ3v) is 4.86. The maximum Gasteiger partial charge on any atom is 0.188 e. The fourth-order valence-electron chi connectivity index (χ4n) is 3.15. The van der Waals surface area contributed by atoms with Crippen molar-refractivity contribution >= 4 is 21.9 Å². The molecule has 1 aliphatic rings. The van der Waals surface area contributed by atoms with Crippen LogP contribution in [0, 0.1) is 6.92 Å². The Morgan fingerprint density at radius 1 is 1.22 bits per heavy atom. The van der Waals surface area contributed by atoms with Crippen molar-refractivity contribution < 1.29 is 0 Å². The SMILES string of the molecule is Cc1cc(Br)ccc1CC1Cc2ccccc2CCN=C(N)N1. The van der Waals surface area contributed by atoms with Crippen molar-refractivity contribution in [2.24, 2.45) is 10.7 Å². The lowest BCUT2D eigenvalue weighted by atomic mass is 9.93.